The summed E-state index contributed by atoms with van der Waals surface area (Å²) < 4.78 is 0. The maximum Gasteiger partial charge on any atom is 0.00277 e. The minimum atomic E-state index is 1.88. The molecule has 0 aromatic heterocycles. The molecule has 50 valence electrons. The number of nitrogens with one attached hydrogen (secondary N) is 1. The fraction of sp³-hybridized carbons (Fsp3) is 0.250. The van der Waals surface area contributed by atoms with Gasteiger partial charge in [-0.3, -0.25) is 0 Å². The van der Waals surface area contributed by atoms with Gasteiger partial charge < -0.3 is 5.32 Å². The summed E-state index contributed by atoms with van der Waals surface area (Å²) in [4.78, 5) is 0. The molecule has 0 fully saturated rings. The van der Waals surface area contributed by atoms with Gasteiger partial charge in [0.1, 0.15) is 0 Å². The summed E-state index contributed by atoms with van der Waals surface area (Å²) in [6.07, 6.45) is 11.7. The zero-order valence-corrected chi connectivity index (χ0v) is 5.96. The fourth-order valence-corrected chi connectivity index (χ4v) is 0.391. The molecule has 0 spiro atoms. The molecule has 0 aliphatic carbocycles. The van der Waals surface area contributed by atoms with Gasteiger partial charge in [-0.05, 0) is 19.2 Å². The molecule has 0 aliphatic heterocycles. The second-order valence-electron chi connectivity index (χ2n) is 1.56. The second-order valence-corrected chi connectivity index (χ2v) is 1.56. The molecule has 9 heavy (non-hydrogen) atoms. The predicted molar refractivity (Wildman–Crippen MR) is 42.2 cm³/mol. The first kappa shape index (κ1) is 8.02. The summed E-state index contributed by atoms with van der Waals surface area (Å²) in [5, 5.41) is 2.89. The largest absolute Gasteiger partial charge is 0.394 e. The Bertz CT molecular complexity index is 121. The molecule has 0 heterocycles. The second kappa shape index (κ2) is 7.02. The molecule has 1 nitrogen and oxygen atoms in total. The quantitative estimate of drug-likeness (QED) is 0.565. The van der Waals surface area contributed by atoms with Crippen LogP contribution in [0, 0.1) is 0 Å². The summed E-state index contributed by atoms with van der Waals surface area (Å²) >= 11 is 0. The van der Waals surface area contributed by atoms with Crippen LogP contribution in [0.4, 0.5) is 0 Å². The molecule has 0 bridgehead atoms. The van der Waals surface area contributed by atoms with Gasteiger partial charge in [-0.15, -0.1) is 0 Å². The monoisotopic (exact) mass is 123 g/mol. The van der Waals surface area contributed by atoms with Crippen LogP contribution in [-0.2, 0) is 0 Å². The summed E-state index contributed by atoms with van der Waals surface area (Å²) in [6.45, 7) is 1.99. The van der Waals surface area contributed by atoms with Gasteiger partial charge in [0.15, 0.2) is 0 Å². The molecule has 0 rings (SSSR count). The predicted octanol–water partition coefficient (Wildman–Crippen LogP) is 1.85. The molecule has 0 aromatic rings. The van der Waals surface area contributed by atoms with Crippen LogP contribution in [0.2, 0.25) is 0 Å². The molecule has 0 saturated heterocycles. The van der Waals surface area contributed by atoms with Crippen molar-refractivity contribution in [2.45, 2.75) is 6.92 Å². The third-order valence-corrected chi connectivity index (χ3v) is 0.789. The van der Waals surface area contributed by atoms with E-state index in [1.165, 1.54) is 0 Å². The first-order chi connectivity index (χ1) is 4.41. The summed E-state index contributed by atoms with van der Waals surface area (Å²) in [5.74, 6) is 0. The Balaban J connectivity index is 3.35. The van der Waals surface area contributed by atoms with E-state index >= 15 is 0 Å². The van der Waals surface area contributed by atoms with Crippen molar-refractivity contribution >= 4 is 0 Å². The zero-order valence-electron chi connectivity index (χ0n) is 5.96. The van der Waals surface area contributed by atoms with Gasteiger partial charge in [-0.2, -0.15) is 0 Å². The maximum absolute atomic E-state index is 2.89. The number of hydrogen-bond acceptors (Lipinski definition) is 1. The van der Waals surface area contributed by atoms with E-state index < -0.39 is 0 Å². The van der Waals surface area contributed by atoms with E-state index in [0.29, 0.717) is 0 Å². The molecule has 0 aromatic carbocycles. The minimum Gasteiger partial charge on any atom is -0.394 e. The topological polar surface area (TPSA) is 12.0 Å². The van der Waals surface area contributed by atoms with E-state index in [0.717, 1.165) is 0 Å². The SMILES string of the molecule is CC=CC=CC=CNC. The summed E-state index contributed by atoms with van der Waals surface area (Å²) in [6, 6.07) is 0. The standard InChI is InChI=1S/C8H13N/c1-3-4-5-6-7-8-9-2/h3-9H,1-2H3. The van der Waals surface area contributed by atoms with Crippen molar-refractivity contribution in [2.24, 2.45) is 0 Å². The van der Waals surface area contributed by atoms with Crippen LogP contribution in [0.3, 0.4) is 0 Å². The Morgan fingerprint density at radius 1 is 1.00 bits per heavy atom. The van der Waals surface area contributed by atoms with Crippen molar-refractivity contribution in [3.8, 4) is 0 Å². The lowest BCUT2D eigenvalue weighted by molar-refractivity contribution is 1.10. The van der Waals surface area contributed by atoms with Gasteiger partial charge in [-0.25, -0.2) is 0 Å². The van der Waals surface area contributed by atoms with Gasteiger partial charge in [0, 0.05) is 7.05 Å². The lowest BCUT2D eigenvalue weighted by atomic mass is 10.4. The summed E-state index contributed by atoms with van der Waals surface area (Å²) in [5.41, 5.74) is 0. The van der Waals surface area contributed by atoms with E-state index in [-0.39, 0.29) is 0 Å². The van der Waals surface area contributed by atoms with Gasteiger partial charge >= 0.3 is 0 Å². The van der Waals surface area contributed by atoms with Crippen molar-refractivity contribution in [1.82, 2.24) is 5.32 Å². The van der Waals surface area contributed by atoms with Crippen LogP contribution in [0.25, 0.3) is 0 Å². The first-order valence-electron chi connectivity index (χ1n) is 3.03. The fourth-order valence-electron chi connectivity index (χ4n) is 0.391. The third-order valence-electron chi connectivity index (χ3n) is 0.789. The Labute approximate surface area is 56.8 Å². The van der Waals surface area contributed by atoms with Crippen LogP contribution >= 0.6 is 0 Å². The van der Waals surface area contributed by atoms with E-state index in [2.05, 4.69) is 5.32 Å². The average molecular weight is 123 g/mol. The van der Waals surface area contributed by atoms with Crippen LogP contribution < -0.4 is 5.32 Å². The molecule has 1 heteroatoms. The smallest absolute Gasteiger partial charge is 0.00277 e. The molecule has 0 unspecified atom stereocenters. The molecular formula is C8H13N. The van der Waals surface area contributed by atoms with E-state index in [1.807, 2.05) is 50.6 Å². The molecule has 0 saturated carbocycles. The van der Waals surface area contributed by atoms with Gasteiger partial charge in [0.2, 0.25) is 0 Å². The maximum atomic E-state index is 2.89. The zero-order chi connectivity index (χ0) is 6.95. The van der Waals surface area contributed by atoms with E-state index in [1.54, 1.807) is 0 Å². The van der Waals surface area contributed by atoms with Crippen molar-refractivity contribution in [3.63, 3.8) is 0 Å². The van der Waals surface area contributed by atoms with Crippen LogP contribution in [0.15, 0.2) is 36.6 Å². The van der Waals surface area contributed by atoms with Gasteiger partial charge in [0.25, 0.3) is 0 Å². The lowest BCUT2D eigenvalue weighted by Crippen LogP contribution is -1.89. The van der Waals surface area contributed by atoms with Crippen LogP contribution in [-0.4, -0.2) is 7.05 Å². The lowest BCUT2D eigenvalue weighted by Gasteiger charge is -1.78. The third kappa shape index (κ3) is 7.02. The highest BCUT2D eigenvalue weighted by molar-refractivity contribution is 5.09. The Morgan fingerprint density at radius 2 is 1.67 bits per heavy atom. The highest BCUT2D eigenvalue weighted by Crippen LogP contribution is 1.76. The highest BCUT2D eigenvalue weighted by Gasteiger charge is 1.58. The number of rotatable bonds is 3. The Kier molecular flexibility index (Phi) is 6.26. The highest BCUT2D eigenvalue weighted by atomic mass is 14.8. The molecule has 0 amide bonds. The average Bonchev–Trinajstić information content (AvgIpc) is 1.89. The molecule has 0 atom stereocenters. The number of hydrogen-bond donors (Lipinski definition) is 1. The van der Waals surface area contributed by atoms with Crippen LogP contribution in [0.5, 0.6) is 0 Å². The van der Waals surface area contributed by atoms with Gasteiger partial charge in [-0.1, -0.05) is 24.3 Å². The van der Waals surface area contributed by atoms with E-state index in [9.17, 15) is 0 Å². The molecular weight excluding hydrogens is 110 g/mol. The van der Waals surface area contributed by atoms with Crippen molar-refractivity contribution in [1.29, 1.82) is 0 Å². The Hall–Kier alpha value is -0.980. The Morgan fingerprint density at radius 3 is 2.22 bits per heavy atom. The van der Waals surface area contributed by atoms with Crippen molar-refractivity contribution in [2.75, 3.05) is 7.05 Å². The van der Waals surface area contributed by atoms with Crippen molar-refractivity contribution in [3.05, 3.63) is 36.6 Å². The normalized spacial score (nSPS) is 12.2. The van der Waals surface area contributed by atoms with Crippen molar-refractivity contribution < 1.29 is 0 Å². The van der Waals surface area contributed by atoms with Crippen LogP contribution in [0.1, 0.15) is 6.92 Å². The molecule has 0 aliphatic rings. The molecule has 0 radical (unpaired) electrons. The number of allylic oxidation sites excluding steroid dienone is 5. The van der Waals surface area contributed by atoms with Gasteiger partial charge in [0.05, 0.1) is 0 Å². The first-order valence-corrected chi connectivity index (χ1v) is 3.03. The molecule has 1 N–H and O–H groups in total. The van der Waals surface area contributed by atoms with E-state index in [4.69, 9.17) is 0 Å². The minimum absolute atomic E-state index is 1.88. The summed E-state index contributed by atoms with van der Waals surface area (Å²) in [7, 11) is 1.88.